The van der Waals surface area contributed by atoms with Crippen LogP contribution in [0.1, 0.15) is 11.1 Å². The topological polar surface area (TPSA) is 287 Å². The lowest BCUT2D eigenvalue weighted by atomic mass is 10.2. The van der Waals surface area contributed by atoms with E-state index in [1.54, 1.807) is 128 Å². The van der Waals surface area contributed by atoms with E-state index in [1.165, 1.54) is 67.0 Å². The van der Waals surface area contributed by atoms with E-state index in [-0.39, 0.29) is 47.0 Å². The van der Waals surface area contributed by atoms with Crippen molar-refractivity contribution >= 4 is 130 Å². The summed E-state index contributed by atoms with van der Waals surface area (Å²) in [6.45, 7) is 16.8. The maximum Gasteiger partial charge on any atom is 0.357 e. The molecule has 0 amide bonds. The molecule has 3 aromatic heterocycles. The second-order valence-corrected chi connectivity index (χ2v) is 30.9. The number of rotatable bonds is 22. The van der Waals surface area contributed by atoms with E-state index in [1.807, 2.05) is 93.6 Å². The fourth-order valence-electron chi connectivity index (χ4n) is 11.0. The first-order valence-corrected chi connectivity index (χ1v) is 40.1. The number of phenols is 1. The van der Waals surface area contributed by atoms with Crippen molar-refractivity contribution in [2.45, 2.75) is 27.8 Å². The highest BCUT2D eigenvalue weighted by molar-refractivity contribution is 9.09. The second-order valence-electron chi connectivity index (χ2n) is 22.3. The lowest BCUT2D eigenvalue weighted by Crippen LogP contribution is -2.31. The number of fused-ring (bicyclic) bond motifs is 3. The maximum absolute atomic E-state index is 13.9. The number of anilines is 9. The van der Waals surface area contributed by atoms with Crippen LogP contribution in [0, 0.1) is 24.5 Å². The van der Waals surface area contributed by atoms with Gasteiger partial charge in [-0.05, 0) is 108 Å². The molecule has 3 aliphatic rings. The van der Waals surface area contributed by atoms with E-state index < -0.39 is 30.1 Å². The van der Waals surface area contributed by atoms with Crippen molar-refractivity contribution in [2.24, 2.45) is 0 Å². The first-order valence-electron chi connectivity index (χ1n) is 31.9. The minimum atomic E-state index is -3.98. The van der Waals surface area contributed by atoms with Gasteiger partial charge in [0.25, 0.3) is 30.1 Å². The third-order valence-corrected chi connectivity index (χ3v) is 23.6. The van der Waals surface area contributed by atoms with Gasteiger partial charge in [0.15, 0.2) is 26.9 Å². The Kier molecular flexibility index (Phi) is 25.3. The number of nitriles is 1. The van der Waals surface area contributed by atoms with Crippen molar-refractivity contribution in [3.63, 3.8) is 0 Å². The Bertz CT molecular complexity index is 5290. The van der Waals surface area contributed by atoms with Gasteiger partial charge in [-0.15, -0.1) is 34.0 Å². The molecule has 33 heteroatoms. The summed E-state index contributed by atoms with van der Waals surface area (Å²) in [7, 11) is -8.55. The number of benzene rings is 8. The molecule has 0 radical (unpaired) electrons. The summed E-state index contributed by atoms with van der Waals surface area (Å²) >= 11 is 6.59. The molecule has 11 aromatic rings. The summed E-state index contributed by atoms with van der Waals surface area (Å²) in [6, 6.07) is 52.6. The number of methoxy groups -OCH3 is 2. The van der Waals surface area contributed by atoms with Crippen molar-refractivity contribution < 1.29 is 63.5 Å². The number of hydrogen-bond acceptors (Lipinski definition) is 24. The van der Waals surface area contributed by atoms with Gasteiger partial charge in [0.1, 0.15) is 54.3 Å². The Labute approximate surface area is 633 Å². The quantitative estimate of drug-likeness (QED) is 0.0471. The van der Waals surface area contributed by atoms with Crippen LogP contribution >= 0.6 is 49.9 Å². The first kappa shape index (κ1) is 75.8. The van der Waals surface area contributed by atoms with Crippen LogP contribution in [0.2, 0.25) is 0 Å². The van der Waals surface area contributed by atoms with Gasteiger partial charge in [-0.3, -0.25) is 14.4 Å². The minimum Gasteiger partial charge on any atom is -0.506 e. The molecule has 0 aliphatic carbocycles. The zero-order valence-corrected chi connectivity index (χ0v) is 63.0. The SMILES string of the molecule is COc1ccc(CN(c2nccs2)S(=O)(=O)c2ccc3c(c2)OCCN3c2ccccc2O)cc1.N#CCBr.[C-]#[N+]COc1ccccc1N1CCOc2cc(S(=O)(=O)N(Cc3ccc(OC)cc3)c3nccs3)ccc21.[C-]#[N+]COc1ccccc1N1CCOc2cc(S(=O)(=O)Nc3nccs3)ccc21. The summed E-state index contributed by atoms with van der Waals surface area (Å²) in [5.41, 5.74) is 5.92. The minimum absolute atomic E-state index is 0.0756. The van der Waals surface area contributed by atoms with Gasteiger partial charge in [0, 0.05) is 52.9 Å². The van der Waals surface area contributed by atoms with Gasteiger partial charge in [0.05, 0.1) is 107 Å². The number of para-hydroxylation sites is 6. The highest BCUT2D eigenvalue weighted by Gasteiger charge is 2.34. The summed E-state index contributed by atoms with van der Waals surface area (Å²) in [6.07, 6.45) is 4.69. The molecule has 0 bridgehead atoms. The van der Waals surface area contributed by atoms with Crippen LogP contribution in [0.15, 0.2) is 225 Å². The summed E-state index contributed by atoms with van der Waals surface area (Å²) < 4.78 is 125. The van der Waals surface area contributed by atoms with Crippen LogP contribution in [-0.4, -0.2) is 118 Å². The van der Waals surface area contributed by atoms with Crippen molar-refractivity contribution in [1.82, 2.24) is 15.0 Å². The van der Waals surface area contributed by atoms with Crippen LogP contribution in [0.4, 0.5) is 49.5 Å². The third kappa shape index (κ3) is 18.0. The Hall–Kier alpha value is -11.4. The highest BCUT2D eigenvalue weighted by Crippen LogP contribution is 2.46. The van der Waals surface area contributed by atoms with E-state index in [2.05, 4.69) is 45.3 Å². The van der Waals surface area contributed by atoms with Crippen molar-refractivity contribution in [1.29, 1.82) is 5.26 Å². The van der Waals surface area contributed by atoms with Crippen LogP contribution in [0.25, 0.3) is 9.69 Å². The molecule has 0 saturated carbocycles. The molecule has 0 unspecified atom stereocenters. The molecule has 0 spiro atoms. The molecular weight excluding hydrogens is 1540 g/mol. The average molecular weight is 1610 g/mol. The number of halogens is 1. The van der Waals surface area contributed by atoms with Crippen molar-refractivity contribution in [2.75, 3.05) is 100 Å². The molecule has 0 saturated heterocycles. The van der Waals surface area contributed by atoms with Crippen LogP contribution < -0.4 is 61.2 Å². The predicted octanol–water partition coefficient (Wildman–Crippen LogP) is 14.8. The molecule has 2 N–H and O–H groups in total. The summed E-state index contributed by atoms with van der Waals surface area (Å²) in [5.74, 6) is 4.02. The van der Waals surface area contributed by atoms with E-state index >= 15 is 0 Å². The summed E-state index contributed by atoms with van der Waals surface area (Å²) in [5, 5.41) is 24.6. The lowest BCUT2D eigenvalue weighted by Gasteiger charge is -2.32. The van der Waals surface area contributed by atoms with E-state index in [9.17, 15) is 30.4 Å². The van der Waals surface area contributed by atoms with E-state index in [0.29, 0.717) is 117 Å². The number of aromatic hydroxyl groups is 1. The van der Waals surface area contributed by atoms with Crippen LogP contribution in [0.5, 0.6) is 46.0 Å². The molecule has 26 nitrogen and oxygen atoms in total. The van der Waals surface area contributed by atoms with Gasteiger partial charge in [-0.2, -0.15) is 5.26 Å². The van der Waals surface area contributed by atoms with Crippen LogP contribution in [-0.2, 0) is 43.2 Å². The molecule has 106 heavy (non-hydrogen) atoms. The van der Waals surface area contributed by atoms with Crippen LogP contribution in [0.3, 0.4) is 0 Å². The maximum atomic E-state index is 13.9. The number of thiazole rings is 3. The molecule has 3 aliphatic heterocycles. The number of ether oxygens (including phenoxy) is 7. The number of nitrogens with one attached hydrogen (secondary N) is 1. The third-order valence-electron chi connectivity index (χ3n) is 15.9. The Morgan fingerprint density at radius 3 is 1.31 bits per heavy atom. The van der Waals surface area contributed by atoms with E-state index in [4.69, 9.17) is 51.6 Å². The fourth-order valence-corrected chi connectivity index (χ4v) is 17.4. The van der Waals surface area contributed by atoms with E-state index in [0.717, 1.165) is 28.2 Å². The number of sulfonamides is 3. The first-order chi connectivity index (χ1) is 51.5. The average Bonchev–Trinajstić information content (AvgIpc) is 0.995. The predicted molar refractivity (Wildman–Crippen MR) is 411 cm³/mol. The number of phenolic OH excluding ortho intramolecular Hbond substituents is 1. The molecule has 0 atom stereocenters. The van der Waals surface area contributed by atoms with Crippen molar-refractivity contribution in [3.8, 4) is 52.1 Å². The molecule has 0 fully saturated rings. The standard InChI is InChI=1S/C27H24N4O5S2.C25H23N3O5S2.C19H16N4O4S2.C2H2BrN/c1-28-19-36-25-6-4-3-5-23(25)30-14-15-35-26-17-22(11-12-24(26)30)38(32,33)31(27-29-13-16-37-27)18-20-7-9-21(34-2)10-8-20;1-32-19-8-6-18(7-9-19)17-28(25-26-12-15-34-25)35(30,31)20-10-11-22-24(16-20)33-14-13-27(22)21-4-2-3-5-23(21)29;1-20-13-27-17-5-3-2-4-15(17)23-9-10-26-18-12-14(6-7-16(18)23)29(24,25)22-19-21-8-11-28-19;3-1-2-4/h3-13,16-17H,14-15,18-19H2,2H3;2-12,15-16,29H,13-14,17H2,1H3;2-8,11-12H,9-10,13H2,(H,21,22);1H2. The van der Waals surface area contributed by atoms with Gasteiger partial charge >= 0.3 is 13.5 Å². The monoisotopic (exact) mass is 1600 g/mol. The highest BCUT2D eigenvalue weighted by atomic mass is 79.9. The number of alkyl halides is 1. The summed E-state index contributed by atoms with van der Waals surface area (Å²) in [4.78, 5) is 25.2. The molecule has 8 aromatic carbocycles. The Balaban J connectivity index is 0.000000156. The van der Waals surface area contributed by atoms with Gasteiger partial charge < -0.3 is 53.0 Å². The van der Waals surface area contributed by atoms with Crippen molar-refractivity contribution in [3.05, 3.63) is 245 Å². The molecule has 14 rings (SSSR count). The number of hydrogen-bond donors (Lipinski definition) is 2. The zero-order valence-electron chi connectivity index (χ0n) is 56.5. The van der Waals surface area contributed by atoms with Gasteiger partial charge in [0.2, 0.25) is 0 Å². The van der Waals surface area contributed by atoms with Gasteiger partial charge in [-0.25, -0.2) is 62.0 Å². The number of aromatic nitrogens is 3. The van der Waals surface area contributed by atoms with Gasteiger partial charge in [-0.1, -0.05) is 76.6 Å². The molecular formula is C73H65BrN12O14S6. The number of nitrogens with zero attached hydrogens (tertiary/aromatic N) is 11. The largest absolute Gasteiger partial charge is 0.506 e. The fraction of sp³-hybridized carbons (Fsp3) is 0.178. The second kappa shape index (κ2) is 35.4. The molecule has 6 heterocycles. The Morgan fingerprint density at radius 1 is 0.538 bits per heavy atom. The molecule has 544 valence electrons. The normalized spacial score (nSPS) is 12.7. The Morgan fingerprint density at radius 2 is 0.925 bits per heavy atom. The smallest absolute Gasteiger partial charge is 0.357 e. The lowest BCUT2D eigenvalue weighted by molar-refractivity contribution is 0.311. The zero-order chi connectivity index (χ0) is 74.6.